The second kappa shape index (κ2) is 6.89. The van der Waals surface area contributed by atoms with Crippen LogP contribution in [0.1, 0.15) is 18.5 Å². The fraction of sp³-hybridized carbons (Fsp3) is 0.417. The third-order valence-corrected chi connectivity index (χ3v) is 2.43. The zero-order chi connectivity index (χ0) is 14.4. The lowest BCUT2D eigenvalue weighted by Gasteiger charge is -2.17. The largest absolute Gasteiger partial charge is 0.493 e. The first-order chi connectivity index (χ1) is 8.99. The van der Waals surface area contributed by atoms with Gasteiger partial charge in [-0.3, -0.25) is 4.79 Å². The fourth-order valence-electron chi connectivity index (χ4n) is 1.65. The van der Waals surface area contributed by atoms with E-state index in [9.17, 15) is 13.6 Å². The SMILES string of the molecule is CCNC(C(N)=O)c1ccc(OC)c(OC(F)F)c1. The normalized spacial score (nSPS) is 12.3. The van der Waals surface area contributed by atoms with Gasteiger partial charge in [0.05, 0.1) is 7.11 Å². The Hall–Kier alpha value is -1.89. The van der Waals surface area contributed by atoms with Gasteiger partial charge in [-0.05, 0) is 24.2 Å². The van der Waals surface area contributed by atoms with Crippen molar-refractivity contribution in [3.8, 4) is 11.5 Å². The number of nitrogens with one attached hydrogen (secondary N) is 1. The number of methoxy groups -OCH3 is 1. The molecule has 1 aromatic rings. The molecule has 19 heavy (non-hydrogen) atoms. The molecule has 0 fully saturated rings. The molecule has 1 atom stereocenters. The molecule has 5 nitrogen and oxygen atoms in total. The number of halogens is 2. The van der Waals surface area contributed by atoms with Gasteiger partial charge in [0.1, 0.15) is 6.04 Å². The quantitative estimate of drug-likeness (QED) is 0.789. The number of amides is 1. The lowest BCUT2D eigenvalue weighted by molar-refractivity contribution is -0.120. The summed E-state index contributed by atoms with van der Waals surface area (Å²) in [7, 11) is 1.34. The van der Waals surface area contributed by atoms with Crippen LogP contribution in [0.15, 0.2) is 18.2 Å². The zero-order valence-electron chi connectivity index (χ0n) is 10.7. The summed E-state index contributed by atoms with van der Waals surface area (Å²) >= 11 is 0. The van der Waals surface area contributed by atoms with Gasteiger partial charge in [0, 0.05) is 0 Å². The van der Waals surface area contributed by atoms with Crippen molar-refractivity contribution in [2.24, 2.45) is 5.73 Å². The minimum Gasteiger partial charge on any atom is -0.493 e. The lowest BCUT2D eigenvalue weighted by atomic mass is 10.1. The Morgan fingerprint density at radius 2 is 2.11 bits per heavy atom. The molecule has 3 N–H and O–H groups in total. The predicted octanol–water partition coefficient (Wildman–Crippen LogP) is 1.43. The van der Waals surface area contributed by atoms with E-state index < -0.39 is 18.6 Å². The van der Waals surface area contributed by atoms with Crippen LogP contribution in [0.2, 0.25) is 0 Å². The van der Waals surface area contributed by atoms with E-state index in [-0.39, 0.29) is 11.5 Å². The van der Waals surface area contributed by atoms with Crippen LogP contribution in [0.3, 0.4) is 0 Å². The molecule has 1 aromatic carbocycles. The Bertz CT molecular complexity index is 441. The monoisotopic (exact) mass is 274 g/mol. The van der Waals surface area contributed by atoms with Crippen LogP contribution < -0.4 is 20.5 Å². The number of carbonyl (C=O) groups excluding carboxylic acids is 1. The smallest absolute Gasteiger partial charge is 0.387 e. The summed E-state index contributed by atoms with van der Waals surface area (Å²) in [5.74, 6) is -0.585. The standard InChI is InChI=1S/C12H16F2N2O3/c1-3-16-10(11(15)17)7-4-5-8(18-2)9(6-7)19-12(13)14/h4-6,10,12,16H,3H2,1-2H3,(H2,15,17). The number of nitrogens with two attached hydrogens (primary N) is 1. The minimum absolute atomic E-state index is 0.140. The van der Waals surface area contributed by atoms with E-state index in [1.54, 1.807) is 13.0 Å². The fourth-order valence-corrected chi connectivity index (χ4v) is 1.65. The molecule has 0 saturated carbocycles. The predicted molar refractivity (Wildman–Crippen MR) is 65.2 cm³/mol. The molecule has 0 spiro atoms. The highest BCUT2D eigenvalue weighted by atomic mass is 19.3. The van der Waals surface area contributed by atoms with Gasteiger partial charge < -0.3 is 20.5 Å². The molecule has 106 valence electrons. The van der Waals surface area contributed by atoms with Crippen molar-refractivity contribution in [2.75, 3.05) is 13.7 Å². The Kier molecular flexibility index (Phi) is 5.50. The molecule has 1 amide bonds. The highest BCUT2D eigenvalue weighted by Crippen LogP contribution is 2.31. The van der Waals surface area contributed by atoms with Gasteiger partial charge >= 0.3 is 6.61 Å². The number of hydrogen-bond acceptors (Lipinski definition) is 4. The molecule has 0 aliphatic heterocycles. The maximum atomic E-state index is 12.3. The third-order valence-electron chi connectivity index (χ3n) is 2.43. The van der Waals surface area contributed by atoms with Crippen LogP contribution in [-0.4, -0.2) is 26.2 Å². The van der Waals surface area contributed by atoms with Gasteiger partial charge in [0.2, 0.25) is 5.91 Å². The average molecular weight is 274 g/mol. The van der Waals surface area contributed by atoms with Crippen LogP contribution in [0.4, 0.5) is 8.78 Å². The van der Waals surface area contributed by atoms with Crippen molar-refractivity contribution in [1.82, 2.24) is 5.32 Å². The molecule has 7 heteroatoms. The molecule has 0 aliphatic rings. The summed E-state index contributed by atoms with van der Waals surface area (Å²) in [5, 5.41) is 2.86. The molecule has 0 aromatic heterocycles. The number of hydrogen-bond donors (Lipinski definition) is 2. The zero-order valence-corrected chi connectivity index (χ0v) is 10.7. The molecule has 0 saturated heterocycles. The van der Waals surface area contributed by atoms with Crippen LogP contribution in [0.5, 0.6) is 11.5 Å². The van der Waals surface area contributed by atoms with Crippen molar-refractivity contribution < 1.29 is 23.0 Å². The molecular formula is C12H16F2N2O3. The number of benzene rings is 1. The lowest BCUT2D eigenvalue weighted by Crippen LogP contribution is -2.33. The van der Waals surface area contributed by atoms with Crippen molar-refractivity contribution in [3.63, 3.8) is 0 Å². The van der Waals surface area contributed by atoms with E-state index in [0.717, 1.165) is 0 Å². The Balaban J connectivity index is 3.11. The van der Waals surface area contributed by atoms with E-state index in [1.165, 1.54) is 19.2 Å². The number of carbonyl (C=O) groups is 1. The Morgan fingerprint density at radius 3 is 2.58 bits per heavy atom. The highest BCUT2D eigenvalue weighted by molar-refractivity contribution is 5.81. The highest BCUT2D eigenvalue weighted by Gasteiger charge is 2.19. The van der Waals surface area contributed by atoms with Gasteiger partial charge in [-0.2, -0.15) is 8.78 Å². The van der Waals surface area contributed by atoms with E-state index >= 15 is 0 Å². The number of ether oxygens (including phenoxy) is 2. The van der Waals surface area contributed by atoms with Gasteiger partial charge in [0.15, 0.2) is 11.5 Å². The maximum Gasteiger partial charge on any atom is 0.387 e. The molecule has 0 bridgehead atoms. The minimum atomic E-state index is -2.98. The maximum absolute atomic E-state index is 12.3. The summed E-state index contributed by atoms with van der Waals surface area (Å²) in [6.45, 7) is -0.670. The molecular weight excluding hydrogens is 258 g/mol. The number of likely N-dealkylation sites (N-methyl/N-ethyl adjacent to an activating group) is 1. The van der Waals surface area contributed by atoms with Gasteiger partial charge in [-0.25, -0.2) is 0 Å². The molecule has 0 aliphatic carbocycles. The van der Waals surface area contributed by atoms with Crippen molar-refractivity contribution in [3.05, 3.63) is 23.8 Å². The molecule has 1 rings (SSSR count). The third kappa shape index (κ3) is 4.06. The molecule has 1 unspecified atom stereocenters. The number of primary amides is 1. The second-order valence-corrected chi connectivity index (χ2v) is 3.68. The summed E-state index contributed by atoms with van der Waals surface area (Å²) in [4.78, 5) is 11.3. The summed E-state index contributed by atoms with van der Waals surface area (Å²) in [6.07, 6.45) is 0. The van der Waals surface area contributed by atoms with Gasteiger partial charge in [-0.1, -0.05) is 13.0 Å². The van der Waals surface area contributed by atoms with Crippen molar-refractivity contribution in [2.45, 2.75) is 19.6 Å². The van der Waals surface area contributed by atoms with Gasteiger partial charge in [0.25, 0.3) is 0 Å². The van der Waals surface area contributed by atoms with Crippen molar-refractivity contribution >= 4 is 5.91 Å². The summed E-state index contributed by atoms with van der Waals surface area (Å²) in [5.41, 5.74) is 5.69. The molecule has 0 heterocycles. The van der Waals surface area contributed by atoms with Crippen molar-refractivity contribution in [1.29, 1.82) is 0 Å². The van der Waals surface area contributed by atoms with Crippen LogP contribution in [0.25, 0.3) is 0 Å². The first-order valence-electron chi connectivity index (χ1n) is 5.65. The summed E-state index contributed by atoms with van der Waals surface area (Å²) < 4.78 is 33.8. The van der Waals surface area contributed by atoms with E-state index in [4.69, 9.17) is 10.5 Å². The summed E-state index contributed by atoms with van der Waals surface area (Å²) in [6, 6.07) is 3.55. The van der Waals surface area contributed by atoms with Crippen LogP contribution >= 0.6 is 0 Å². The van der Waals surface area contributed by atoms with Crippen LogP contribution in [-0.2, 0) is 4.79 Å². The van der Waals surface area contributed by atoms with E-state index in [0.29, 0.717) is 12.1 Å². The second-order valence-electron chi connectivity index (χ2n) is 3.68. The topological polar surface area (TPSA) is 73.6 Å². The first-order valence-corrected chi connectivity index (χ1v) is 5.65. The Labute approximate surface area is 109 Å². The average Bonchev–Trinajstić information content (AvgIpc) is 2.34. The van der Waals surface area contributed by atoms with Crippen LogP contribution in [0, 0.1) is 0 Å². The number of rotatable bonds is 7. The molecule has 0 radical (unpaired) electrons. The van der Waals surface area contributed by atoms with E-state index in [1.807, 2.05) is 0 Å². The van der Waals surface area contributed by atoms with E-state index in [2.05, 4.69) is 10.1 Å². The Morgan fingerprint density at radius 1 is 1.42 bits per heavy atom. The first kappa shape index (κ1) is 15.2. The number of alkyl halides is 2. The van der Waals surface area contributed by atoms with Gasteiger partial charge in [-0.15, -0.1) is 0 Å².